The van der Waals surface area contributed by atoms with Gasteiger partial charge in [-0.3, -0.25) is 0 Å². The van der Waals surface area contributed by atoms with E-state index in [2.05, 4.69) is 10.3 Å². The Bertz CT molecular complexity index is 630. The maximum atomic E-state index is 13.6. The number of nitrogens with zero attached hydrogens (tertiary/aromatic N) is 2. The Morgan fingerprint density at radius 1 is 1.26 bits per heavy atom. The summed E-state index contributed by atoms with van der Waals surface area (Å²) >= 11 is 5.69. The van der Waals surface area contributed by atoms with E-state index in [4.69, 9.17) is 16.9 Å². The van der Waals surface area contributed by atoms with Gasteiger partial charge in [-0.1, -0.05) is 11.6 Å². The quantitative estimate of drug-likeness (QED) is 0.875. The molecular weight excluding hydrogens is 272 g/mol. The molecule has 0 spiro atoms. The summed E-state index contributed by atoms with van der Waals surface area (Å²) in [5.74, 6) is -1.52. The fourth-order valence-corrected chi connectivity index (χ4v) is 1.71. The Morgan fingerprint density at radius 3 is 2.53 bits per heavy atom. The van der Waals surface area contributed by atoms with E-state index in [1.54, 1.807) is 18.2 Å². The first-order valence-electron chi connectivity index (χ1n) is 5.33. The van der Waals surface area contributed by atoms with Crippen molar-refractivity contribution in [3.8, 4) is 6.07 Å². The van der Waals surface area contributed by atoms with Crippen LogP contribution in [0.1, 0.15) is 11.1 Å². The normalized spacial score (nSPS) is 10.0. The lowest BCUT2D eigenvalue weighted by molar-refractivity contribution is 0.559. The number of halogens is 3. The third-order valence-corrected chi connectivity index (χ3v) is 2.67. The molecule has 1 heterocycles. The van der Waals surface area contributed by atoms with Gasteiger partial charge in [0.25, 0.3) is 0 Å². The molecule has 0 saturated heterocycles. The average Bonchev–Trinajstić information content (AvgIpc) is 2.37. The molecule has 0 atom stereocenters. The summed E-state index contributed by atoms with van der Waals surface area (Å²) in [5, 5.41) is 11.7. The van der Waals surface area contributed by atoms with E-state index in [1.807, 2.05) is 0 Å². The number of nitrogens with one attached hydrogen (secondary N) is 1. The summed E-state index contributed by atoms with van der Waals surface area (Å²) in [5.41, 5.74) is 0.417. The van der Waals surface area contributed by atoms with Crippen molar-refractivity contribution in [1.29, 1.82) is 5.26 Å². The minimum atomic E-state index is -0.760. The Morgan fingerprint density at radius 2 is 1.95 bits per heavy atom. The molecule has 2 rings (SSSR count). The van der Waals surface area contributed by atoms with Gasteiger partial charge >= 0.3 is 0 Å². The molecule has 2 aromatic rings. The number of nitriles is 1. The number of hydrogen-bond acceptors (Lipinski definition) is 3. The molecule has 1 N–H and O–H groups in total. The minimum Gasteiger partial charge on any atom is -0.381 e. The molecule has 1 aromatic heterocycles. The zero-order valence-electron chi connectivity index (χ0n) is 9.62. The first-order valence-corrected chi connectivity index (χ1v) is 5.71. The van der Waals surface area contributed by atoms with Crippen molar-refractivity contribution in [2.45, 2.75) is 6.54 Å². The van der Waals surface area contributed by atoms with Gasteiger partial charge in [0.1, 0.15) is 16.8 Å². The Hall–Kier alpha value is -2.19. The van der Waals surface area contributed by atoms with Crippen LogP contribution >= 0.6 is 11.6 Å². The van der Waals surface area contributed by atoms with Crippen LogP contribution in [0, 0.1) is 23.0 Å². The van der Waals surface area contributed by atoms with Gasteiger partial charge in [0.05, 0.1) is 11.6 Å². The van der Waals surface area contributed by atoms with Gasteiger partial charge in [0.15, 0.2) is 0 Å². The molecule has 0 amide bonds. The molecule has 0 unspecified atom stereocenters. The topological polar surface area (TPSA) is 48.7 Å². The molecule has 3 nitrogen and oxygen atoms in total. The predicted molar refractivity (Wildman–Crippen MR) is 67.6 cm³/mol. The second-order valence-corrected chi connectivity index (χ2v) is 4.14. The van der Waals surface area contributed by atoms with Crippen molar-refractivity contribution in [3.05, 3.63) is 58.4 Å². The van der Waals surface area contributed by atoms with Crippen LogP contribution in [0.25, 0.3) is 0 Å². The van der Waals surface area contributed by atoms with Crippen molar-refractivity contribution < 1.29 is 8.78 Å². The number of rotatable bonds is 3. The third kappa shape index (κ3) is 3.18. The molecule has 0 radical (unpaired) electrons. The number of benzene rings is 1. The number of anilines is 1. The van der Waals surface area contributed by atoms with Gasteiger partial charge in [-0.25, -0.2) is 13.8 Å². The number of aromatic nitrogens is 1. The maximum absolute atomic E-state index is 13.6. The number of pyridine rings is 1. The van der Waals surface area contributed by atoms with Gasteiger partial charge in [-0.15, -0.1) is 0 Å². The molecule has 0 fully saturated rings. The Kier molecular flexibility index (Phi) is 3.93. The van der Waals surface area contributed by atoms with E-state index in [0.29, 0.717) is 5.69 Å². The summed E-state index contributed by atoms with van der Waals surface area (Å²) in [4.78, 5) is 3.79. The largest absolute Gasteiger partial charge is 0.381 e. The van der Waals surface area contributed by atoms with Crippen LogP contribution in [-0.2, 0) is 6.54 Å². The van der Waals surface area contributed by atoms with Gasteiger partial charge in [0, 0.05) is 24.0 Å². The lowest BCUT2D eigenvalue weighted by Gasteiger charge is -2.08. The molecular formula is C13H8ClF2N3. The van der Waals surface area contributed by atoms with Crippen LogP contribution in [0.3, 0.4) is 0 Å². The van der Waals surface area contributed by atoms with Gasteiger partial charge in [0.2, 0.25) is 0 Å². The van der Waals surface area contributed by atoms with Crippen molar-refractivity contribution >= 4 is 17.3 Å². The van der Waals surface area contributed by atoms with E-state index in [0.717, 1.165) is 12.1 Å². The SMILES string of the molecule is N#Cc1cc(F)c(CNc2ccnc(Cl)c2)c(F)c1. The van der Waals surface area contributed by atoms with Crippen molar-refractivity contribution in [1.82, 2.24) is 4.98 Å². The van der Waals surface area contributed by atoms with Gasteiger partial charge < -0.3 is 5.32 Å². The van der Waals surface area contributed by atoms with E-state index >= 15 is 0 Å². The highest BCUT2D eigenvalue weighted by Gasteiger charge is 2.11. The summed E-state index contributed by atoms with van der Waals surface area (Å²) < 4.78 is 27.2. The van der Waals surface area contributed by atoms with E-state index in [1.165, 1.54) is 6.20 Å². The highest BCUT2D eigenvalue weighted by atomic mass is 35.5. The van der Waals surface area contributed by atoms with E-state index < -0.39 is 11.6 Å². The zero-order chi connectivity index (χ0) is 13.8. The third-order valence-electron chi connectivity index (χ3n) is 2.47. The fraction of sp³-hybridized carbons (Fsp3) is 0.0769. The van der Waals surface area contributed by atoms with Crippen LogP contribution in [-0.4, -0.2) is 4.98 Å². The lowest BCUT2D eigenvalue weighted by atomic mass is 10.1. The fourth-order valence-electron chi connectivity index (χ4n) is 1.54. The van der Waals surface area contributed by atoms with Crippen molar-refractivity contribution in [2.75, 3.05) is 5.32 Å². The molecule has 0 aliphatic heterocycles. The van der Waals surface area contributed by atoms with E-state index in [-0.39, 0.29) is 22.8 Å². The monoisotopic (exact) mass is 279 g/mol. The summed E-state index contributed by atoms with van der Waals surface area (Å²) in [6.07, 6.45) is 1.48. The smallest absolute Gasteiger partial charge is 0.132 e. The maximum Gasteiger partial charge on any atom is 0.132 e. The Balaban J connectivity index is 2.18. The molecule has 6 heteroatoms. The van der Waals surface area contributed by atoms with Gasteiger partial charge in [-0.05, 0) is 24.3 Å². The standard InChI is InChI=1S/C13H8ClF2N3/c14-13-5-9(1-2-18-13)19-7-10-11(15)3-8(6-17)4-12(10)16/h1-5H,7H2,(H,18,19). The van der Waals surface area contributed by atoms with Crippen molar-refractivity contribution in [3.63, 3.8) is 0 Å². The summed E-state index contributed by atoms with van der Waals surface area (Å²) in [7, 11) is 0. The van der Waals surface area contributed by atoms with Crippen LogP contribution in [0.5, 0.6) is 0 Å². The zero-order valence-corrected chi connectivity index (χ0v) is 10.4. The highest BCUT2D eigenvalue weighted by Crippen LogP contribution is 2.18. The predicted octanol–water partition coefficient (Wildman–Crippen LogP) is 3.50. The van der Waals surface area contributed by atoms with Crippen molar-refractivity contribution in [2.24, 2.45) is 0 Å². The summed E-state index contributed by atoms with van der Waals surface area (Å²) in [6, 6.07) is 6.86. The molecule has 0 bridgehead atoms. The lowest BCUT2D eigenvalue weighted by Crippen LogP contribution is -2.05. The van der Waals surface area contributed by atoms with E-state index in [9.17, 15) is 8.78 Å². The summed E-state index contributed by atoms with van der Waals surface area (Å²) in [6.45, 7) is -0.0519. The minimum absolute atomic E-state index is 0.0503. The first-order chi connectivity index (χ1) is 9.10. The van der Waals surface area contributed by atoms with Crippen LogP contribution in [0.2, 0.25) is 5.15 Å². The Labute approximate surface area is 113 Å². The molecule has 19 heavy (non-hydrogen) atoms. The number of hydrogen-bond donors (Lipinski definition) is 1. The molecule has 0 saturated carbocycles. The second-order valence-electron chi connectivity index (χ2n) is 3.75. The van der Waals surface area contributed by atoms with Gasteiger partial charge in [-0.2, -0.15) is 5.26 Å². The average molecular weight is 280 g/mol. The highest BCUT2D eigenvalue weighted by molar-refractivity contribution is 6.29. The van der Waals surface area contributed by atoms with Crippen LogP contribution in [0.15, 0.2) is 30.5 Å². The molecule has 0 aliphatic carbocycles. The molecule has 1 aromatic carbocycles. The first kappa shape index (κ1) is 13.2. The molecule has 96 valence electrons. The van der Waals surface area contributed by atoms with Crippen LogP contribution in [0.4, 0.5) is 14.5 Å². The van der Waals surface area contributed by atoms with Crippen LogP contribution < -0.4 is 5.32 Å². The molecule has 0 aliphatic rings. The second kappa shape index (κ2) is 5.63.